The van der Waals surface area contributed by atoms with Crippen molar-refractivity contribution in [1.29, 1.82) is 0 Å². The molecule has 1 saturated carbocycles. The molecule has 0 N–H and O–H groups in total. The Morgan fingerprint density at radius 3 is 2.00 bits per heavy atom. The van der Waals surface area contributed by atoms with Crippen LogP contribution >= 0.6 is 0 Å². The zero-order valence-corrected chi connectivity index (χ0v) is 26.8. The number of esters is 1. The molecule has 2 heterocycles. The van der Waals surface area contributed by atoms with Gasteiger partial charge in [0.1, 0.15) is 0 Å². The van der Waals surface area contributed by atoms with Gasteiger partial charge in [-0.3, -0.25) is 9.10 Å². The van der Waals surface area contributed by atoms with E-state index in [-0.39, 0.29) is 35.3 Å². The zero-order valence-electron chi connectivity index (χ0n) is 25.1. The van der Waals surface area contributed by atoms with Gasteiger partial charge in [-0.2, -0.15) is 4.31 Å². The number of hydrogen-bond donors (Lipinski definition) is 0. The number of nitrogens with zero attached hydrogens (tertiary/aromatic N) is 2. The van der Waals surface area contributed by atoms with Crippen LogP contribution in [0.25, 0.3) is 0 Å². The highest BCUT2D eigenvalue weighted by molar-refractivity contribution is 7.93. The Hall–Kier alpha value is -3.21. The quantitative estimate of drug-likeness (QED) is 0.336. The Bertz CT molecular complexity index is 1790. The van der Waals surface area contributed by atoms with E-state index in [9.17, 15) is 21.6 Å². The van der Waals surface area contributed by atoms with Crippen LogP contribution in [0.15, 0.2) is 82.6 Å². The van der Waals surface area contributed by atoms with Crippen LogP contribution in [0.2, 0.25) is 0 Å². The van der Waals surface area contributed by atoms with Gasteiger partial charge in [0.05, 0.1) is 34.5 Å². The molecule has 0 amide bonds. The molecule has 1 spiro atoms. The van der Waals surface area contributed by atoms with Crippen LogP contribution in [0.4, 0.5) is 5.69 Å². The number of carbonyl (C=O) groups excluding carboxylic acids is 1. The molecule has 3 aromatic carbocycles. The Morgan fingerprint density at radius 1 is 0.860 bits per heavy atom. The molecule has 6 rings (SSSR count). The Morgan fingerprint density at radius 2 is 1.42 bits per heavy atom. The lowest BCUT2D eigenvalue weighted by Gasteiger charge is -2.36. The largest absolute Gasteiger partial charge is 0.466 e. The Kier molecular flexibility index (Phi) is 7.06. The van der Waals surface area contributed by atoms with Gasteiger partial charge in [-0.15, -0.1) is 0 Å². The normalized spacial score (nSPS) is 26.2. The SMILES string of the molecule is CCOC(=O)C[C@H]1[C@H]2C(C)(C)C[C@@H]3N(S(=O)(=O)c4ccc(C)cc4)c4ccccc4[C@@]32CN1S(=O)(=O)c1ccc(C)cc1. The van der Waals surface area contributed by atoms with Crippen molar-refractivity contribution >= 4 is 31.7 Å². The standard InChI is InChI=1S/C33H38N2O6S2/c1-6-41-30(36)19-28-31-32(4,5)20-29-33(31,21-34(28)42(37,38)24-15-11-22(2)12-16-24)26-9-7-8-10-27(26)35(29)43(39,40)25-17-13-23(3)14-18-25/h7-18,28-29,31H,6,19-21H2,1-5H3/t28-,29-,31-,33-/m0/s1. The first-order valence-corrected chi connectivity index (χ1v) is 17.6. The third-order valence-corrected chi connectivity index (χ3v) is 13.4. The number of fused-ring (bicyclic) bond motifs is 1. The Balaban J connectivity index is 1.56. The van der Waals surface area contributed by atoms with Crippen LogP contribution in [0.1, 0.15) is 50.3 Å². The number of hydrogen-bond acceptors (Lipinski definition) is 6. The first-order chi connectivity index (χ1) is 20.2. The van der Waals surface area contributed by atoms with Gasteiger partial charge in [-0.25, -0.2) is 16.8 Å². The monoisotopic (exact) mass is 622 g/mol. The van der Waals surface area contributed by atoms with E-state index in [1.807, 2.05) is 38.1 Å². The highest BCUT2D eigenvalue weighted by Gasteiger charge is 2.73. The fourth-order valence-corrected chi connectivity index (χ4v) is 11.5. The predicted octanol–water partition coefficient (Wildman–Crippen LogP) is 5.19. The van der Waals surface area contributed by atoms with Crippen LogP contribution in [-0.2, 0) is 35.0 Å². The van der Waals surface area contributed by atoms with Gasteiger partial charge in [0, 0.05) is 18.0 Å². The average molecular weight is 623 g/mol. The summed E-state index contributed by atoms with van der Waals surface area (Å²) in [6.07, 6.45) is 0.392. The molecule has 8 nitrogen and oxygen atoms in total. The fraction of sp³-hybridized carbons (Fsp3) is 0.424. The summed E-state index contributed by atoms with van der Waals surface area (Å²) in [6, 6.07) is 19.7. The molecule has 3 aromatic rings. The minimum atomic E-state index is -4.06. The van der Waals surface area contributed by atoms with Crippen LogP contribution in [0, 0.1) is 25.2 Å². The zero-order chi connectivity index (χ0) is 30.9. The molecule has 0 bridgehead atoms. The van der Waals surface area contributed by atoms with Crippen molar-refractivity contribution in [1.82, 2.24) is 4.31 Å². The van der Waals surface area contributed by atoms with Gasteiger partial charge in [0.2, 0.25) is 10.0 Å². The van der Waals surface area contributed by atoms with Crippen molar-refractivity contribution in [3.63, 3.8) is 0 Å². The molecule has 3 aliphatic rings. The molecular weight excluding hydrogens is 585 g/mol. The second-order valence-electron chi connectivity index (χ2n) is 12.8. The second-order valence-corrected chi connectivity index (χ2v) is 16.5. The van der Waals surface area contributed by atoms with Crippen LogP contribution in [0.3, 0.4) is 0 Å². The van der Waals surface area contributed by atoms with E-state index in [4.69, 9.17) is 4.74 Å². The highest BCUT2D eigenvalue weighted by Crippen LogP contribution is 2.68. The molecule has 0 aromatic heterocycles. The third-order valence-electron chi connectivity index (χ3n) is 9.70. The minimum Gasteiger partial charge on any atom is -0.466 e. The molecule has 2 fully saturated rings. The minimum absolute atomic E-state index is 0.0585. The number of benzene rings is 3. The lowest BCUT2D eigenvalue weighted by Crippen LogP contribution is -2.47. The molecule has 43 heavy (non-hydrogen) atoms. The number of aryl methyl sites for hydroxylation is 2. The summed E-state index contributed by atoms with van der Waals surface area (Å²) >= 11 is 0. The summed E-state index contributed by atoms with van der Waals surface area (Å²) in [4.78, 5) is 13.4. The van der Waals surface area contributed by atoms with E-state index in [2.05, 4.69) is 13.8 Å². The van der Waals surface area contributed by atoms with Gasteiger partial charge in [-0.05, 0) is 74.4 Å². The van der Waals surface area contributed by atoms with Crippen molar-refractivity contribution in [2.75, 3.05) is 17.5 Å². The summed E-state index contributed by atoms with van der Waals surface area (Å²) in [5.74, 6) is -0.822. The van der Waals surface area contributed by atoms with Crippen molar-refractivity contribution in [2.24, 2.45) is 11.3 Å². The summed E-state index contributed by atoms with van der Waals surface area (Å²) in [5, 5.41) is 0. The van der Waals surface area contributed by atoms with Crippen molar-refractivity contribution in [3.05, 3.63) is 89.5 Å². The molecular formula is C33H38N2O6S2. The van der Waals surface area contributed by atoms with Crippen molar-refractivity contribution < 1.29 is 26.4 Å². The number of para-hydroxylation sites is 1. The summed E-state index contributed by atoms with van der Waals surface area (Å²) < 4.78 is 66.1. The van der Waals surface area contributed by atoms with E-state index >= 15 is 0 Å². The molecule has 10 heteroatoms. The molecule has 1 saturated heterocycles. The predicted molar refractivity (Wildman–Crippen MR) is 165 cm³/mol. The first-order valence-electron chi connectivity index (χ1n) is 14.7. The molecule has 4 atom stereocenters. The smallest absolute Gasteiger partial charge is 0.307 e. The van der Waals surface area contributed by atoms with E-state index in [0.29, 0.717) is 12.1 Å². The van der Waals surface area contributed by atoms with E-state index in [0.717, 1.165) is 16.7 Å². The Labute approximate surface area is 254 Å². The van der Waals surface area contributed by atoms with Crippen molar-refractivity contribution in [2.45, 2.75) is 74.7 Å². The summed E-state index contributed by atoms with van der Waals surface area (Å²) in [6.45, 7) is 9.91. The van der Waals surface area contributed by atoms with Crippen LogP contribution in [-0.4, -0.2) is 52.3 Å². The molecule has 1 aliphatic carbocycles. The maximum atomic E-state index is 14.4. The van der Waals surface area contributed by atoms with Gasteiger partial charge >= 0.3 is 5.97 Å². The lowest BCUT2D eigenvalue weighted by molar-refractivity contribution is -0.144. The molecule has 2 aliphatic heterocycles. The number of rotatable bonds is 7. The summed E-state index contributed by atoms with van der Waals surface area (Å²) in [7, 11) is -8.06. The van der Waals surface area contributed by atoms with E-state index in [1.165, 1.54) is 8.61 Å². The van der Waals surface area contributed by atoms with Crippen LogP contribution in [0.5, 0.6) is 0 Å². The van der Waals surface area contributed by atoms with Crippen molar-refractivity contribution in [3.8, 4) is 0 Å². The topological polar surface area (TPSA) is 101 Å². The number of ether oxygens (including phenoxy) is 1. The maximum absolute atomic E-state index is 14.4. The highest BCUT2D eigenvalue weighted by atomic mass is 32.2. The fourth-order valence-electron chi connectivity index (χ4n) is 8.11. The first kappa shape index (κ1) is 29.8. The summed E-state index contributed by atoms with van der Waals surface area (Å²) in [5.41, 5.74) is 1.89. The van der Waals surface area contributed by atoms with Gasteiger partial charge in [-0.1, -0.05) is 67.4 Å². The third kappa shape index (κ3) is 4.44. The molecule has 228 valence electrons. The van der Waals surface area contributed by atoms with Gasteiger partial charge in [0.25, 0.3) is 10.0 Å². The van der Waals surface area contributed by atoms with E-state index in [1.54, 1.807) is 55.5 Å². The lowest BCUT2D eigenvalue weighted by atomic mass is 9.66. The maximum Gasteiger partial charge on any atom is 0.307 e. The number of carbonyl (C=O) groups is 1. The average Bonchev–Trinajstić information content (AvgIpc) is 3.51. The number of anilines is 1. The number of sulfonamides is 2. The van der Waals surface area contributed by atoms with Crippen LogP contribution < -0.4 is 4.31 Å². The van der Waals surface area contributed by atoms with Gasteiger partial charge in [0.15, 0.2) is 0 Å². The molecule has 0 radical (unpaired) electrons. The van der Waals surface area contributed by atoms with Gasteiger partial charge < -0.3 is 4.74 Å². The second kappa shape index (κ2) is 10.2. The molecule has 0 unspecified atom stereocenters. The van der Waals surface area contributed by atoms with E-state index < -0.39 is 48.9 Å².